The van der Waals surface area contributed by atoms with Crippen LogP contribution in [0.15, 0.2) is 23.3 Å². The first-order chi connectivity index (χ1) is 7.47. The summed E-state index contributed by atoms with van der Waals surface area (Å²) in [7, 11) is 0. The molecule has 2 rings (SSSR count). The van der Waals surface area contributed by atoms with Gasteiger partial charge in [0.2, 0.25) is 0 Å². The van der Waals surface area contributed by atoms with Crippen LogP contribution in [0.2, 0.25) is 0 Å². The lowest BCUT2D eigenvalue weighted by Gasteiger charge is -2.46. The fourth-order valence-electron chi connectivity index (χ4n) is 3.45. The molecule has 0 radical (unpaired) electrons. The van der Waals surface area contributed by atoms with Crippen LogP contribution in [-0.4, -0.2) is 5.78 Å². The van der Waals surface area contributed by atoms with Crippen LogP contribution in [0.4, 0.5) is 0 Å². The molecule has 2 aliphatic carbocycles. The SMILES string of the molecule is C=C(C)C1=C2CCCCC2(C)C(C)CC1=O. The number of fused-ring (bicyclic) bond motifs is 1. The van der Waals surface area contributed by atoms with Gasteiger partial charge in [-0.1, -0.05) is 32.4 Å². The molecule has 16 heavy (non-hydrogen) atoms. The Morgan fingerprint density at radius 2 is 2.12 bits per heavy atom. The van der Waals surface area contributed by atoms with E-state index in [0.717, 1.165) is 17.6 Å². The Kier molecular flexibility index (Phi) is 2.81. The van der Waals surface area contributed by atoms with Gasteiger partial charge in [-0.25, -0.2) is 0 Å². The molecule has 2 atom stereocenters. The van der Waals surface area contributed by atoms with Crippen molar-refractivity contribution in [3.8, 4) is 0 Å². The molecule has 0 spiro atoms. The van der Waals surface area contributed by atoms with Crippen molar-refractivity contribution in [2.45, 2.75) is 52.9 Å². The zero-order chi connectivity index (χ0) is 11.9. The van der Waals surface area contributed by atoms with Gasteiger partial charge in [0.25, 0.3) is 0 Å². The van der Waals surface area contributed by atoms with E-state index in [2.05, 4.69) is 20.4 Å². The first-order valence-corrected chi connectivity index (χ1v) is 6.39. The zero-order valence-electron chi connectivity index (χ0n) is 10.7. The number of carbonyl (C=O) groups excluding carboxylic acids is 1. The van der Waals surface area contributed by atoms with Gasteiger partial charge in [0, 0.05) is 12.0 Å². The Morgan fingerprint density at radius 3 is 2.75 bits per heavy atom. The van der Waals surface area contributed by atoms with Crippen LogP contribution in [0, 0.1) is 11.3 Å². The summed E-state index contributed by atoms with van der Waals surface area (Å²) in [6.45, 7) is 10.6. The minimum Gasteiger partial charge on any atom is -0.294 e. The van der Waals surface area contributed by atoms with Crippen LogP contribution >= 0.6 is 0 Å². The Balaban J connectivity index is 2.56. The molecule has 0 aromatic heterocycles. The fraction of sp³-hybridized carbons (Fsp3) is 0.667. The summed E-state index contributed by atoms with van der Waals surface area (Å²) in [6.07, 6.45) is 5.61. The van der Waals surface area contributed by atoms with Crippen molar-refractivity contribution < 1.29 is 4.79 Å². The molecule has 0 saturated heterocycles. The highest BCUT2D eigenvalue weighted by atomic mass is 16.1. The van der Waals surface area contributed by atoms with Crippen molar-refractivity contribution in [3.63, 3.8) is 0 Å². The zero-order valence-corrected chi connectivity index (χ0v) is 10.7. The van der Waals surface area contributed by atoms with E-state index in [0.29, 0.717) is 18.1 Å². The van der Waals surface area contributed by atoms with Gasteiger partial charge in [-0.2, -0.15) is 0 Å². The Bertz CT molecular complexity index is 375. The maximum atomic E-state index is 12.1. The number of ketones is 1. The summed E-state index contributed by atoms with van der Waals surface area (Å²) in [4.78, 5) is 12.1. The molecular weight excluding hydrogens is 196 g/mol. The number of carbonyl (C=O) groups is 1. The molecule has 2 aliphatic rings. The number of hydrogen-bond donors (Lipinski definition) is 0. The van der Waals surface area contributed by atoms with Gasteiger partial charge < -0.3 is 0 Å². The lowest BCUT2D eigenvalue weighted by atomic mass is 9.58. The minimum atomic E-state index is 0.264. The molecular formula is C15H22O. The molecule has 0 bridgehead atoms. The maximum Gasteiger partial charge on any atom is 0.163 e. The van der Waals surface area contributed by atoms with Gasteiger partial charge in [0.1, 0.15) is 0 Å². The fourth-order valence-corrected chi connectivity index (χ4v) is 3.45. The monoisotopic (exact) mass is 218 g/mol. The second-order valence-electron chi connectivity index (χ2n) is 5.79. The van der Waals surface area contributed by atoms with Crippen molar-refractivity contribution in [3.05, 3.63) is 23.3 Å². The Hall–Kier alpha value is -0.850. The van der Waals surface area contributed by atoms with Crippen LogP contribution in [0.1, 0.15) is 52.9 Å². The van der Waals surface area contributed by atoms with Crippen LogP contribution in [0.5, 0.6) is 0 Å². The van der Waals surface area contributed by atoms with Gasteiger partial charge in [-0.05, 0) is 43.1 Å². The molecule has 88 valence electrons. The van der Waals surface area contributed by atoms with Gasteiger partial charge in [0.15, 0.2) is 5.78 Å². The van der Waals surface area contributed by atoms with Crippen molar-refractivity contribution in [2.24, 2.45) is 11.3 Å². The van der Waals surface area contributed by atoms with Gasteiger partial charge >= 0.3 is 0 Å². The van der Waals surface area contributed by atoms with Crippen LogP contribution in [-0.2, 0) is 4.79 Å². The molecule has 0 aromatic rings. The molecule has 1 saturated carbocycles. The lowest BCUT2D eigenvalue weighted by Crippen LogP contribution is -2.38. The van der Waals surface area contributed by atoms with Crippen molar-refractivity contribution in [1.29, 1.82) is 0 Å². The first kappa shape index (κ1) is 11.6. The van der Waals surface area contributed by atoms with E-state index < -0.39 is 0 Å². The van der Waals surface area contributed by atoms with Crippen molar-refractivity contribution in [2.75, 3.05) is 0 Å². The highest BCUT2D eigenvalue weighted by Crippen LogP contribution is 2.52. The smallest absolute Gasteiger partial charge is 0.163 e. The summed E-state index contributed by atoms with van der Waals surface area (Å²) in [5.41, 5.74) is 3.64. The third kappa shape index (κ3) is 1.57. The second-order valence-corrected chi connectivity index (χ2v) is 5.79. The van der Waals surface area contributed by atoms with Crippen molar-refractivity contribution >= 4 is 5.78 Å². The minimum absolute atomic E-state index is 0.264. The van der Waals surface area contributed by atoms with E-state index in [4.69, 9.17) is 0 Å². The summed E-state index contributed by atoms with van der Waals surface area (Å²) in [6, 6.07) is 0. The van der Waals surface area contributed by atoms with Gasteiger partial charge in [0.05, 0.1) is 0 Å². The average Bonchev–Trinajstić information content (AvgIpc) is 2.19. The number of allylic oxidation sites excluding steroid dienone is 3. The van der Waals surface area contributed by atoms with E-state index in [-0.39, 0.29) is 5.41 Å². The quantitative estimate of drug-likeness (QED) is 0.649. The molecule has 1 fully saturated rings. The molecule has 0 aliphatic heterocycles. The Labute approximate surface area is 98.6 Å². The van der Waals surface area contributed by atoms with E-state index in [1.165, 1.54) is 24.8 Å². The van der Waals surface area contributed by atoms with E-state index in [1.54, 1.807) is 0 Å². The summed E-state index contributed by atoms with van der Waals surface area (Å²) in [5, 5.41) is 0. The van der Waals surface area contributed by atoms with Crippen LogP contribution in [0.3, 0.4) is 0 Å². The topological polar surface area (TPSA) is 17.1 Å². The second kappa shape index (κ2) is 3.87. The maximum absolute atomic E-state index is 12.1. The predicted octanol–water partition coefficient (Wildman–Crippen LogP) is 4.05. The molecule has 0 N–H and O–H groups in total. The van der Waals surface area contributed by atoms with Crippen LogP contribution < -0.4 is 0 Å². The number of hydrogen-bond acceptors (Lipinski definition) is 1. The standard InChI is InChI=1S/C15H22O/c1-10(2)14-12-7-5-6-8-15(12,4)11(3)9-13(14)16/h11H,1,5-9H2,2-4H3. The predicted molar refractivity (Wildman–Crippen MR) is 67.2 cm³/mol. The molecule has 1 nitrogen and oxygen atoms in total. The third-order valence-corrected chi connectivity index (χ3v) is 4.65. The van der Waals surface area contributed by atoms with E-state index >= 15 is 0 Å². The van der Waals surface area contributed by atoms with Crippen LogP contribution in [0.25, 0.3) is 0 Å². The highest BCUT2D eigenvalue weighted by molar-refractivity contribution is 6.01. The normalized spacial score (nSPS) is 34.9. The van der Waals surface area contributed by atoms with Gasteiger partial charge in [-0.15, -0.1) is 0 Å². The largest absolute Gasteiger partial charge is 0.294 e. The number of rotatable bonds is 1. The van der Waals surface area contributed by atoms with E-state index in [1.807, 2.05) is 6.92 Å². The molecule has 2 unspecified atom stereocenters. The molecule has 1 heteroatoms. The first-order valence-electron chi connectivity index (χ1n) is 6.39. The Morgan fingerprint density at radius 1 is 1.44 bits per heavy atom. The van der Waals surface area contributed by atoms with E-state index in [9.17, 15) is 4.79 Å². The molecule has 0 amide bonds. The summed E-state index contributed by atoms with van der Waals surface area (Å²) < 4.78 is 0. The summed E-state index contributed by atoms with van der Waals surface area (Å²) in [5.74, 6) is 0.827. The van der Waals surface area contributed by atoms with Crippen molar-refractivity contribution in [1.82, 2.24) is 0 Å². The van der Waals surface area contributed by atoms with Gasteiger partial charge in [-0.3, -0.25) is 4.79 Å². The number of Topliss-reactive ketones (excluding diaryl/α,β-unsaturated/α-hetero) is 1. The summed E-state index contributed by atoms with van der Waals surface area (Å²) >= 11 is 0. The third-order valence-electron chi connectivity index (χ3n) is 4.65. The highest BCUT2D eigenvalue weighted by Gasteiger charge is 2.43. The average molecular weight is 218 g/mol. The molecule has 0 heterocycles. The molecule has 0 aromatic carbocycles. The lowest BCUT2D eigenvalue weighted by molar-refractivity contribution is -0.118.